The van der Waals surface area contributed by atoms with Crippen LogP contribution in [0.1, 0.15) is 50.7 Å². The monoisotopic (exact) mass is 275 g/mol. The highest BCUT2D eigenvalue weighted by Crippen LogP contribution is 2.29. The van der Waals surface area contributed by atoms with E-state index in [9.17, 15) is 0 Å². The number of hydrogen-bond acceptors (Lipinski definition) is 5. The summed E-state index contributed by atoms with van der Waals surface area (Å²) in [5, 5.41) is 8.41. The first-order valence-corrected chi connectivity index (χ1v) is 7.07. The lowest BCUT2D eigenvalue weighted by Crippen LogP contribution is -2.20. The Morgan fingerprint density at radius 3 is 2.90 bits per heavy atom. The van der Waals surface area contributed by atoms with E-state index in [0.29, 0.717) is 5.92 Å². The highest BCUT2D eigenvalue weighted by atomic mass is 16.4. The summed E-state index contributed by atoms with van der Waals surface area (Å²) in [5.74, 6) is 2.84. The summed E-state index contributed by atoms with van der Waals surface area (Å²) < 4.78 is 5.84. The molecule has 1 aliphatic rings. The largest absolute Gasteiger partial charge is 0.424 e. The number of likely N-dealkylation sites (tertiary alicyclic amines) is 1. The molecule has 2 aromatic heterocycles. The fraction of sp³-hybridized carbons (Fsp3) is 0.643. The smallest absolute Gasteiger partial charge is 0.221 e. The van der Waals surface area contributed by atoms with Gasteiger partial charge in [-0.25, -0.2) is 4.98 Å². The summed E-state index contributed by atoms with van der Waals surface area (Å²) in [5.41, 5.74) is -0.0856. The van der Waals surface area contributed by atoms with Crippen LogP contribution in [0.25, 0.3) is 0 Å². The molecule has 20 heavy (non-hydrogen) atoms. The van der Waals surface area contributed by atoms with Gasteiger partial charge in [-0.2, -0.15) is 0 Å². The van der Waals surface area contributed by atoms with E-state index in [1.54, 1.807) is 6.20 Å². The second-order valence-corrected chi connectivity index (χ2v) is 6.45. The molecule has 6 nitrogen and oxygen atoms in total. The van der Waals surface area contributed by atoms with Gasteiger partial charge in [-0.05, 0) is 13.0 Å². The van der Waals surface area contributed by atoms with Gasteiger partial charge in [0.05, 0.1) is 12.5 Å². The lowest BCUT2D eigenvalue weighted by Gasteiger charge is -2.13. The van der Waals surface area contributed by atoms with E-state index in [0.717, 1.165) is 43.7 Å². The normalized spacial score (nSPS) is 20.6. The van der Waals surface area contributed by atoms with Crippen molar-refractivity contribution in [2.45, 2.75) is 45.1 Å². The van der Waals surface area contributed by atoms with Crippen LogP contribution in [0.2, 0.25) is 0 Å². The van der Waals surface area contributed by atoms with Gasteiger partial charge in [0, 0.05) is 24.4 Å². The number of rotatable bonds is 3. The number of hydrogen-bond donors (Lipinski definition) is 1. The molecule has 108 valence electrons. The van der Waals surface area contributed by atoms with E-state index in [4.69, 9.17) is 4.42 Å². The third-order valence-corrected chi connectivity index (χ3v) is 3.63. The fourth-order valence-corrected chi connectivity index (χ4v) is 2.48. The van der Waals surface area contributed by atoms with Crippen molar-refractivity contribution >= 4 is 0 Å². The lowest BCUT2D eigenvalue weighted by atomic mass is 9.97. The molecule has 1 N–H and O–H groups in total. The molecule has 0 bridgehead atoms. The quantitative estimate of drug-likeness (QED) is 0.928. The van der Waals surface area contributed by atoms with E-state index >= 15 is 0 Å². The van der Waals surface area contributed by atoms with Crippen molar-refractivity contribution in [3.05, 3.63) is 30.0 Å². The lowest BCUT2D eigenvalue weighted by molar-refractivity contribution is 0.307. The summed E-state index contributed by atoms with van der Waals surface area (Å²) in [6.45, 7) is 9.10. The Morgan fingerprint density at radius 2 is 2.25 bits per heavy atom. The molecule has 1 fully saturated rings. The number of H-pyrrole nitrogens is 1. The van der Waals surface area contributed by atoms with Crippen LogP contribution in [0.15, 0.2) is 16.8 Å². The minimum Gasteiger partial charge on any atom is -0.424 e. The maximum absolute atomic E-state index is 5.84. The van der Waals surface area contributed by atoms with Crippen molar-refractivity contribution in [1.82, 2.24) is 25.1 Å². The molecule has 1 atom stereocenters. The molecular weight excluding hydrogens is 254 g/mol. The van der Waals surface area contributed by atoms with Gasteiger partial charge >= 0.3 is 0 Å². The van der Waals surface area contributed by atoms with Crippen molar-refractivity contribution in [1.29, 1.82) is 0 Å². The van der Waals surface area contributed by atoms with Gasteiger partial charge in [0.2, 0.25) is 11.8 Å². The number of aromatic nitrogens is 4. The molecule has 0 aromatic carbocycles. The summed E-state index contributed by atoms with van der Waals surface area (Å²) in [4.78, 5) is 9.77. The summed E-state index contributed by atoms with van der Waals surface area (Å²) in [6, 6.07) is 0. The Balaban J connectivity index is 1.63. The molecular formula is C14H21N5O. The fourth-order valence-electron chi connectivity index (χ4n) is 2.48. The van der Waals surface area contributed by atoms with Gasteiger partial charge in [0.15, 0.2) is 0 Å². The van der Waals surface area contributed by atoms with Gasteiger partial charge in [-0.15, -0.1) is 10.2 Å². The molecule has 0 radical (unpaired) electrons. The Kier molecular flexibility index (Phi) is 3.33. The van der Waals surface area contributed by atoms with Crippen LogP contribution in [0, 0.1) is 0 Å². The average Bonchev–Trinajstić information content (AvgIpc) is 3.08. The molecule has 0 amide bonds. The standard InChI is InChI=1S/C14H21N5O/c1-14(2,3)13-18-17-12(20-13)10-4-7-19(8-10)9-11-15-5-6-16-11/h5-6,10H,4,7-9H2,1-3H3,(H,15,16). The minimum absolute atomic E-state index is 0.0856. The average molecular weight is 275 g/mol. The highest BCUT2D eigenvalue weighted by molar-refractivity contribution is 5.02. The Bertz CT molecular complexity index is 554. The first-order chi connectivity index (χ1) is 9.52. The Morgan fingerprint density at radius 1 is 1.40 bits per heavy atom. The number of aromatic amines is 1. The molecule has 2 aromatic rings. The van der Waals surface area contributed by atoms with Gasteiger partial charge in [-0.1, -0.05) is 20.8 Å². The zero-order valence-electron chi connectivity index (χ0n) is 12.3. The zero-order chi connectivity index (χ0) is 14.2. The first kappa shape index (κ1) is 13.3. The summed E-state index contributed by atoms with van der Waals surface area (Å²) in [7, 11) is 0. The third kappa shape index (κ3) is 2.75. The van der Waals surface area contributed by atoms with E-state index in [-0.39, 0.29) is 5.41 Å². The molecule has 0 saturated carbocycles. The van der Waals surface area contributed by atoms with E-state index in [2.05, 4.69) is 45.8 Å². The maximum atomic E-state index is 5.84. The van der Waals surface area contributed by atoms with Gasteiger partial charge in [0.25, 0.3) is 0 Å². The molecule has 3 heterocycles. The molecule has 1 saturated heterocycles. The second-order valence-electron chi connectivity index (χ2n) is 6.45. The van der Waals surface area contributed by atoms with E-state index in [1.807, 2.05) is 6.20 Å². The van der Waals surface area contributed by atoms with E-state index in [1.165, 1.54) is 0 Å². The third-order valence-electron chi connectivity index (χ3n) is 3.63. The van der Waals surface area contributed by atoms with Crippen LogP contribution in [-0.2, 0) is 12.0 Å². The molecule has 0 aliphatic carbocycles. The predicted octanol–water partition coefficient (Wildman–Crippen LogP) is 2.08. The number of nitrogens with one attached hydrogen (secondary N) is 1. The molecule has 1 aliphatic heterocycles. The summed E-state index contributed by atoms with van der Waals surface area (Å²) in [6.07, 6.45) is 4.71. The van der Waals surface area contributed by atoms with Gasteiger partial charge < -0.3 is 9.40 Å². The van der Waals surface area contributed by atoms with Crippen molar-refractivity contribution in [3.8, 4) is 0 Å². The van der Waals surface area contributed by atoms with E-state index < -0.39 is 0 Å². The van der Waals surface area contributed by atoms with Crippen LogP contribution in [-0.4, -0.2) is 38.2 Å². The van der Waals surface area contributed by atoms with Crippen molar-refractivity contribution < 1.29 is 4.42 Å². The van der Waals surface area contributed by atoms with Gasteiger partial charge in [-0.3, -0.25) is 4.90 Å². The van der Waals surface area contributed by atoms with Crippen molar-refractivity contribution in [2.24, 2.45) is 0 Å². The molecule has 3 rings (SSSR count). The van der Waals surface area contributed by atoms with Crippen LogP contribution in [0.4, 0.5) is 0 Å². The Hall–Kier alpha value is -1.69. The first-order valence-electron chi connectivity index (χ1n) is 7.07. The predicted molar refractivity (Wildman–Crippen MR) is 74.2 cm³/mol. The summed E-state index contributed by atoms with van der Waals surface area (Å²) >= 11 is 0. The number of nitrogens with zero attached hydrogens (tertiary/aromatic N) is 4. The van der Waals surface area contributed by atoms with Crippen LogP contribution < -0.4 is 0 Å². The molecule has 1 unspecified atom stereocenters. The highest BCUT2D eigenvalue weighted by Gasteiger charge is 2.30. The number of imidazole rings is 1. The van der Waals surface area contributed by atoms with Crippen molar-refractivity contribution in [3.63, 3.8) is 0 Å². The zero-order valence-corrected chi connectivity index (χ0v) is 12.3. The molecule has 6 heteroatoms. The van der Waals surface area contributed by atoms with Crippen molar-refractivity contribution in [2.75, 3.05) is 13.1 Å². The van der Waals surface area contributed by atoms with Gasteiger partial charge in [0.1, 0.15) is 5.82 Å². The minimum atomic E-state index is -0.0856. The topological polar surface area (TPSA) is 70.8 Å². The van der Waals surface area contributed by atoms with Crippen LogP contribution in [0.5, 0.6) is 0 Å². The van der Waals surface area contributed by atoms with Crippen LogP contribution in [0.3, 0.4) is 0 Å². The maximum Gasteiger partial charge on any atom is 0.221 e. The SMILES string of the molecule is CC(C)(C)c1nnc(C2CCN(Cc3ncc[nH]3)C2)o1. The second kappa shape index (κ2) is 5.01. The molecule has 0 spiro atoms. The Labute approximate surface area is 118 Å². The van der Waals surface area contributed by atoms with Crippen LogP contribution >= 0.6 is 0 Å².